The molecule has 0 aromatic heterocycles. The van der Waals surface area contributed by atoms with Crippen LogP contribution in [0.1, 0.15) is 5.56 Å². The van der Waals surface area contributed by atoms with Crippen LogP contribution in [0.2, 0.25) is 0 Å². The maximum absolute atomic E-state index is 13.5. The predicted molar refractivity (Wildman–Crippen MR) is 91.7 cm³/mol. The largest absolute Gasteiger partial charge is 0.378 e. The smallest absolute Gasteiger partial charge is 0.175 e. The number of aryl methyl sites for hydroxylation is 1. The van der Waals surface area contributed by atoms with Gasteiger partial charge in [-0.05, 0) is 61.1 Å². The third kappa shape index (κ3) is 4.16. The molecule has 0 spiro atoms. The lowest BCUT2D eigenvalue weighted by Crippen LogP contribution is -2.19. The van der Waals surface area contributed by atoms with Crippen molar-refractivity contribution in [3.63, 3.8) is 0 Å². The summed E-state index contributed by atoms with van der Waals surface area (Å²) in [6, 6.07) is 12.8. The fourth-order valence-corrected chi connectivity index (χ4v) is 2.04. The van der Waals surface area contributed by atoms with Gasteiger partial charge in [0, 0.05) is 31.2 Å². The lowest BCUT2D eigenvalue weighted by atomic mass is 10.2. The van der Waals surface area contributed by atoms with Crippen LogP contribution in [0.15, 0.2) is 42.5 Å². The Balaban J connectivity index is 1.99. The van der Waals surface area contributed by atoms with E-state index in [9.17, 15) is 4.39 Å². The molecule has 21 heavy (non-hydrogen) atoms. The topological polar surface area (TPSA) is 27.3 Å². The van der Waals surface area contributed by atoms with Crippen LogP contribution in [0.25, 0.3) is 0 Å². The van der Waals surface area contributed by atoms with E-state index in [1.165, 1.54) is 6.07 Å². The van der Waals surface area contributed by atoms with E-state index in [0.29, 0.717) is 16.4 Å². The first-order chi connectivity index (χ1) is 9.95. The molecule has 2 aromatic rings. The molecule has 0 bridgehead atoms. The third-order valence-corrected chi connectivity index (χ3v) is 3.28. The Morgan fingerprint density at radius 3 is 2.14 bits per heavy atom. The second-order valence-electron chi connectivity index (χ2n) is 4.98. The molecule has 0 aliphatic carbocycles. The molecule has 0 aliphatic rings. The monoisotopic (exact) mass is 303 g/mol. The highest BCUT2D eigenvalue weighted by Gasteiger charge is 2.03. The Morgan fingerprint density at radius 2 is 1.57 bits per heavy atom. The van der Waals surface area contributed by atoms with Crippen molar-refractivity contribution in [3.05, 3.63) is 53.8 Å². The van der Waals surface area contributed by atoms with Gasteiger partial charge in [0.2, 0.25) is 0 Å². The van der Waals surface area contributed by atoms with Crippen LogP contribution < -0.4 is 15.5 Å². The molecule has 110 valence electrons. The first kappa shape index (κ1) is 15.3. The molecule has 2 aromatic carbocycles. The van der Waals surface area contributed by atoms with Crippen molar-refractivity contribution in [1.29, 1.82) is 0 Å². The molecule has 0 radical (unpaired) electrons. The van der Waals surface area contributed by atoms with Crippen LogP contribution in [0.3, 0.4) is 0 Å². The van der Waals surface area contributed by atoms with Gasteiger partial charge in [0.15, 0.2) is 5.11 Å². The van der Waals surface area contributed by atoms with E-state index >= 15 is 0 Å². The Labute approximate surface area is 129 Å². The molecule has 0 aliphatic heterocycles. The second kappa shape index (κ2) is 6.54. The standard InChI is InChI=1S/C16H18FN3S/c1-11-4-5-13(10-15(11)17)19-16(21)18-12-6-8-14(9-7-12)20(2)3/h4-10H,1-3H3,(H2,18,19,21). The van der Waals surface area contributed by atoms with Gasteiger partial charge in [0.25, 0.3) is 0 Å². The van der Waals surface area contributed by atoms with Gasteiger partial charge in [0.05, 0.1) is 0 Å². The number of anilines is 3. The summed E-state index contributed by atoms with van der Waals surface area (Å²) in [6.45, 7) is 1.72. The van der Waals surface area contributed by atoms with Gasteiger partial charge >= 0.3 is 0 Å². The van der Waals surface area contributed by atoms with E-state index in [-0.39, 0.29) is 5.82 Å². The summed E-state index contributed by atoms with van der Waals surface area (Å²) in [4.78, 5) is 2.02. The minimum Gasteiger partial charge on any atom is -0.378 e. The number of benzene rings is 2. The molecular weight excluding hydrogens is 285 g/mol. The van der Waals surface area contributed by atoms with Crippen LogP contribution >= 0.6 is 12.2 Å². The number of halogens is 1. The molecule has 0 amide bonds. The van der Waals surface area contributed by atoms with Crippen molar-refractivity contribution in [2.24, 2.45) is 0 Å². The Hall–Kier alpha value is -2.14. The molecule has 0 unspecified atom stereocenters. The summed E-state index contributed by atoms with van der Waals surface area (Å²) in [7, 11) is 3.97. The summed E-state index contributed by atoms with van der Waals surface area (Å²) < 4.78 is 13.5. The molecule has 0 atom stereocenters. The zero-order valence-corrected chi connectivity index (χ0v) is 13.1. The zero-order chi connectivity index (χ0) is 15.4. The van der Waals surface area contributed by atoms with Gasteiger partial charge in [-0.3, -0.25) is 0 Å². The first-order valence-corrected chi connectivity index (χ1v) is 6.98. The lowest BCUT2D eigenvalue weighted by molar-refractivity contribution is 0.619. The molecule has 5 heteroatoms. The Bertz CT molecular complexity index is 638. The number of rotatable bonds is 3. The minimum atomic E-state index is -0.252. The number of nitrogens with one attached hydrogen (secondary N) is 2. The van der Waals surface area contributed by atoms with E-state index < -0.39 is 0 Å². The van der Waals surface area contributed by atoms with E-state index in [1.807, 2.05) is 43.3 Å². The number of nitrogens with zero attached hydrogens (tertiary/aromatic N) is 1. The first-order valence-electron chi connectivity index (χ1n) is 6.57. The fraction of sp³-hybridized carbons (Fsp3) is 0.188. The molecule has 3 nitrogen and oxygen atoms in total. The van der Waals surface area contributed by atoms with Crippen LogP contribution in [0.5, 0.6) is 0 Å². The summed E-state index contributed by atoms with van der Waals surface area (Å²) >= 11 is 5.22. The summed E-state index contributed by atoms with van der Waals surface area (Å²) in [6.07, 6.45) is 0. The van der Waals surface area contributed by atoms with Gasteiger partial charge < -0.3 is 15.5 Å². The van der Waals surface area contributed by atoms with Crippen molar-refractivity contribution >= 4 is 34.4 Å². The summed E-state index contributed by atoms with van der Waals surface area (Å²) in [5.41, 5.74) is 3.23. The van der Waals surface area contributed by atoms with E-state index in [1.54, 1.807) is 19.1 Å². The Morgan fingerprint density at radius 1 is 1.00 bits per heavy atom. The highest BCUT2D eigenvalue weighted by atomic mass is 32.1. The van der Waals surface area contributed by atoms with E-state index in [4.69, 9.17) is 12.2 Å². The third-order valence-electron chi connectivity index (χ3n) is 3.07. The summed E-state index contributed by atoms with van der Waals surface area (Å²) in [5, 5.41) is 6.46. The molecule has 0 saturated carbocycles. The Kier molecular flexibility index (Phi) is 4.75. The number of hydrogen-bond donors (Lipinski definition) is 2. The predicted octanol–water partition coefficient (Wildman–Crippen LogP) is 4.01. The average molecular weight is 303 g/mol. The molecule has 0 fully saturated rings. The van der Waals surface area contributed by atoms with Gasteiger partial charge in [-0.2, -0.15) is 0 Å². The lowest BCUT2D eigenvalue weighted by Gasteiger charge is -2.14. The normalized spacial score (nSPS) is 10.1. The number of thiocarbonyl (C=S) groups is 1. The summed E-state index contributed by atoms with van der Waals surface area (Å²) in [5.74, 6) is -0.252. The van der Waals surface area contributed by atoms with Gasteiger partial charge in [-0.15, -0.1) is 0 Å². The van der Waals surface area contributed by atoms with Gasteiger partial charge in [-0.25, -0.2) is 4.39 Å². The van der Waals surface area contributed by atoms with Crippen molar-refractivity contribution in [1.82, 2.24) is 0 Å². The van der Waals surface area contributed by atoms with Crippen molar-refractivity contribution in [2.45, 2.75) is 6.92 Å². The SMILES string of the molecule is Cc1ccc(NC(=S)Nc2ccc(N(C)C)cc2)cc1F. The van der Waals surface area contributed by atoms with E-state index in [2.05, 4.69) is 10.6 Å². The van der Waals surface area contributed by atoms with Gasteiger partial charge in [-0.1, -0.05) is 6.07 Å². The molecular formula is C16H18FN3S. The van der Waals surface area contributed by atoms with Crippen molar-refractivity contribution < 1.29 is 4.39 Å². The fourth-order valence-electron chi connectivity index (χ4n) is 1.81. The molecule has 2 N–H and O–H groups in total. The van der Waals surface area contributed by atoms with Crippen molar-refractivity contribution in [2.75, 3.05) is 29.6 Å². The second-order valence-corrected chi connectivity index (χ2v) is 5.39. The van der Waals surface area contributed by atoms with Crippen LogP contribution in [-0.2, 0) is 0 Å². The van der Waals surface area contributed by atoms with Crippen molar-refractivity contribution in [3.8, 4) is 0 Å². The highest BCUT2D eigenvalue weighted by Crippen LogP contribution is 2.17. The van der Waals surface area contributed by atoms with Crippen LogP contribution in [-0.4, -0.2) is 19.2 Å². The molecule has 0 heterocycles. The highest BCUT2D eigenvalue weighted by molar-refractivity contribution is 7.80. The maximum Gasteiger partial charge on any atom is 0.175 e. The quantitative estimate of drug-likeness (QED) is 0.838. The van der Waals surface area contributed by atoms with E-state index in [0.717, 1.165) is 11.4 Å². The van der Waals surface area contributed by atoms with Gasteiger partial charge in [0.1, 0.15) is 5.82 Å². The van der Waals surface area contributed by atoms with Crippen LogP contribution in [0.4, 0.5) is 21.5 Å². The molecule has 2 rings (SSSR count). The number of hydrogen-bond acceptors (Lipinski definition) is 2. The maximum atomic E-state index is 13.5. The molecule has 0 saturated heterocycles. The van der Waals surface area contributed by atoms with Crippen LogP contribution in [0, 0.1) is 12.7 Å². The average Bonchev–Trinajstić information content (AvgIpc) is 2.43. The zero-order valence-electron chi connectivity index (χ0n) is 12.3. The minimum absolute atomic E-state index is 0.252.